The number of hydrogen-bond donors (Lipinski definition) is 0. The molecule has 7 nitrogen and oxygen atoms in total. The van der Waals surface area contributed by atoms with E-state index < -0.39 is 0 Å². The number of ether oxygens (including phenoxy) is 4. The number of carbonyl (C=O) groups excluding carboxylic acids is 3. The lowest BCUT2D eigenvalue weighted by atomic mass is 9.91. The molecular formula is C27H36O7. The van der Waals surface area contributed by atoms with Crippen molar-refractivity contribution in [3.8, 4) is 0 Å². The van der Waals surface area contributed by atoms with Gasteiger partial charge >= 0.3 is 11.9 Å². The van der Waals surface area contributed by atoms with Gasteiger partial charge in [0.25, 0.3) is 0 Å². The fourth-order valence-corrected chi connectivity index (χ4v) is 4.64. The summed E-state index contributed by atoms with van der Waals surface area (Å²) in [6.07, 6.45) is 9.72. The van der Waals surface area contributed by atoms with Gasteiger partial charge < -0.3 is 23.7 Å². The summed E-state index contributed by atoms with van der Waals surface area (Å²) in [5.74, 6) is -1.06. The second-order valence-electron chi connectivity index (χ2n) is 8.98. The molecule has 2 fully saturated rings. The standard InChI is InChI=1S/C27H36O7/c1-20(29)33-24-17-25(34-27-15-9-10-16-31-27)23(18-28)22(24)13-7-2-3-8-14-26(30)32-19-21-11-5-4-6-12-21/h2,4-7,11-12,18,22-25,27H,3,8-10,13-17,19H2,1H3/b7-2-/t22-,23-,24-,25-,27-/m1/s1. The largest absolute Gasteiger partial charge is 0.462 e. The third kappa shape index (κ3) is 8.37. The molecule has 2 aliphatic rings. The fraction of sp³-hybridized carbons (Fsp3) is 0.593. The number of unbranched alkanes of at least 4 members (excludes halogenated alkanes) is 1. The van der Waals surface area contributed by atoms with E-state index in [4.69, 9.17) is 18.9 Å². The van der Waals surface area contributed by atoms with Crippen LogP contribution in [0.1, 0.15) is 63.9 Å². The molecule has 1 saturated carbocycles. The van der Waals surface area contributed by atoms with Crippen LogP contribution in [0.25, 0.3) is 0 Å². The topological polar surface area (TPSA) is 88.1 Å². The minimum absolute atomic E-state index is 0.137. The van der Waals surface area contributed by atoms with Crippen molar-refractivity contribution in [3.63, 3.8) is 0 Å². The summed E-state index contributed by atoms with van der Waals surface area (Å²) in [4.78, 5) is 35.5. The Bertz CT molecular complexity index is 800. The zero-order valence-electron chi connectivity index (χ0n) is 19.9. The first-order chi connectivity index (χ1) is 16.6. The van der Waals surface area contributed by atoms with Gasteiger partial charge in [-0.05, 0) is 44.1 Å². The lowest BCUT2D eigenvalue weighted by Crippen LogP contribution is -2.32. The van der Waals surface area contributed by atoms with Gasteiger partial charge in [-0.2, -0.15) is 0 Å². The van der Waals surface area contributed by atoms with Crippen molar-refractivity contribution in [1.82, 2.24) is 0 Å². The van der Waals surface area contributed by atoms with Crippen LogP contribution in [0.3, 0.4) is 0 Å². The molecule has 1 aliphatic carbocycles. The van der Waals surface area contributed by atoms with Crippen molar-refractivity contribution in [2.75, 3.05) is 6.61 Å². The molecule has 0 unspecified atom stereocenters. The van der Waals surface area contributed by atoms with E-state index in [1.54, 1.807) is 0 Å². The van der Waals surface area contributed by atoms with E-state index in [0.29, 0.717) is 32.3 Å². The van der Waals surface area contributed by atoms with Gasteiger partial charge in [-0.3, -0.25) is 9.59 Å². The summed E-state index contributed by atoms with van der Waals surface area (Å²) < 4.78 is 22.6. The van der Waals surface area contributed by atoms with Crippen molar-refractivity contribution in [1.29, 1.82) is 0 Å². The maximum atomic E-state index is 11.9. The molecular weight excluding hydrogens is 436 g/mol. The number of rotatable bonds is 12. The highest BCUT2D eigenvalue weighted by atomic mass is 16.7. The highest BCUT2D eigenvalue weighted by Crippen LogP contribution is 2.39. The van der Waals surface area contributed by atoms with E-state index in [-0.39, 0.29) is 48.9 Å². The summed E-state index contributed by atoms with van der Waals surface area (Å²) in [7, 11) is 0. The zero-order chi connectivity index (χ0) is 24.2. The van der Waals surface area contributed by atoms with Crippen LogP contribution in [0.4, 0.5) is 0 Å². The average molecular weight is 473 g/mol. The van der Waals surface area contributed by atoms with Crippen molar-refractivity contribution in [3.05, 3.63) is 48.0 Å². The lowest BCUT2D eigenvalue weighted by Gasteiger charge is -2.27. The Hall–Kier alpha value is -2.51. The van der Waals surface area contributed by atoms with Crippen molar-refractivity contribution < 1.29 is 33.3 Å². The Kier molecular flexibility index (Phi) is 10.8. The summed E-state index contributed by atoms with van der Waals surface area (Å²) in [5.41, 5.74) is 0.969. The number of hydrogen-bond acceptors (Lipinski definition) is 7. The van der Waals surface area contributed by atoms with Gasteiger partial charge in [0.2, 0.25) is 0 Å². The van der Waals surface area contributed by atoms with Crippen LogP contribution in [0, 0.1) is 11.8 Å². The number of allylic oxidation sites excluding steroid dienone is 2. The monoisotopic (exact) mass is 472 g/mol. The smallest absolute Gasteiger partial charge is 0.306 e. The summed E-state index contributed by atoms with van der Waals surface area (Å²) in [5, 5.41) is 0. The maximum Gasteiger partial charge on any atom is 0.306 e. The van der Waals surface area contributed by atoms with Crippen molar-refractivity contribution in [2.24, 2.45) is 11.8 Å². The van der Waals surface area contributed by atoms with Crippen LogP contribution in [0.15, 0.2) is 42.5 Å². The highest BCUT2D eigenvalue weighted by Gasteiger charge is 2.46. The summed E-state index contributed by atoms with van der Waals surface area (Å²) >= 11 is 0. The third-order valence-corrected chi connectivity index (χ3v) is 6.37. The van der Waals surface area contributed by atoms with Crippen LogP contribution >= 0.6 is 0 Å². The van der Waals surface area contributed by atoms with Crippen LogP contribution < -0.4 is 0 Å². The van der Waals surface area contributed by atoms with E-state index >= 15 is 0 Å². The van der Waals surface area contributed by atoms with Gasteiger partial charge in [0.15, 0.2) is 6.29 Å². The van der Waals surface area contributed by atoms with Crippen molar-refractivity contribution >= 4 is 18.2 Å². The van der Waals surface area contributed by atoms with Gasteiger partial charge in [-0.15, -0.1) is 0 Å². The number of carbonyl (C=O) groups is 3. The molecule has 1 aromatic rings. The van der Waals surface area contributed by atoms with E-state index in [1.165, 1.54) is 6.92 Å². The molecule has 0 spiro atoms. The van der Waals surface area contributed by atoms with Gasteiger partial charge in [-0.25, -0.2) is 0 Å². The Labute approximate surface area is 201 Å². The molecule has 1 aromatic carbocycles. The molecule has 1 aliphatic heterocycles. The second kappa shape index (κ2) is 14.0. The van der Waals surface area contributed by atoms with E-state index in [0.717, 1.165) is 37.5 Å². The summed E-state index contributed by atoms with van der Waals surface area (Å²) in [6, 6.07) is 9.60. The minimum Gasteiger partial charge on any atom is -0.462 e. The van der Waals surface area contributed by atoms with Gasteiger partial charge in [0.05, 0.1) is 6.10 Å². The normalized spacial score (nSPS) is 26.9. The number of benzene rings is 1. The van der Waals surface area contributed by atoms with Crippen molar-refractivity contribution in [2.45, 2.75) is 83.4 Å². The Morgan fingerprint density at radius 2 is 1.94 bits per heavy atom. The Balaban J connectivity index is 1.43. The molecule has 1 heterocycles. The first-order valence-corrected chi connectivity index (χ1v) is 12.3. The predicted octanol–water partition coefficient (Wildman–Crippen LogP) is 4.52. The molecule has 0 bridgehead atoms. The molecule has 0 radical (unpaired) electrons. The number of esters is 2. The molecule has 186 valence electrons. The first-order valence-electron chi connectivity index (χ1n) is 12.3. The zero-order valence-corrected chi connectivity index (χ0v) is 19.9. The molecule has 0 amide bonds. The van der Waals surface area contributed by atoms with Crippen LogP contribution in [-0.2, 0) is 39.9 Å². The molecule has 5 atom stereocenters. The Morgan fingerprint density at radius 3 is 2.65 bits per heavy atom. The quantitative estimate of drug-likeness (QED) is 0.191. The van der Waals surface area contributed by atoms with Crippen LogP contribution in [-0.4, -0.2) is 43.3 Å². The first kappa shape index (κ1) is 26.1. The third-order valence-electron chi connectivity index (χ3n) is 6.37. The molecule has 3 rings (SSSR count). The molecule has 34 heavy (non-hydrogen) atoms. The van der Waals surface area contributed by atoms with Gasteiger partial charge in [0.1, 0.15) is 19.0 Å². The highest BCUT2D eigenvalue weighted by molar-refractivity contribution is 5.69. The molecule has 0 N–H and O–H groups in total. The van der Waals surface area contributed by atoms with Gasteiger partial charge in [0, 0.05) is 38.2 Å². The van der Waals surface area contributed by atoms with Crippen LogP contribution in [0.2, 0.25) is 0 Å². The molecule has 0 aromatic heterocycles. The van der Waals surface area contributed by atoms with E-state index in [1.807, 2.05) is 42.5 Å². The number of aldehydes is 1. The molecule has 7 heteroatoms. The summed E-state index contributed by atoms with van der Waals surface area (Å²) in [6.45, 7) is 2.34. The Morgan fingerprint density at radius 1 is 1.12 bits per heavy atom. The van der Waals surface area contributed by atoms with E-state index in [9.17, 15) is 14.4 Å². The van der Waals surface area contributed by atoms with Crippen LogP contribution in [0.5, 0.6) is 0 Å². The maximum absolute atomic E-state index is 11.9. The second-order valence-corrected chi connectivity index (χ2v) is 8.98. The van der Waals surface area contributed by atoms with E-state index in [2.05, 4.69) is 0 Å². The SMILES string of the molecule is CC(=O)O[C@@H]1C[C@@H](O[C@@H]2CCCCO2)[C@H](C=O)[C@H]1C/C=C\CCCC(=O)OCc1ccccc1. The molecule has 1 saturated heterocycles. The fourth-order valence-electron chi connectivity index (χ4n) is 4.64. The average Bonchev–Trinajstić information content (AvgIpc) is 3.16. The lowest BCUT2D eigenvalue weighted by molar-refractivity contribution is -0.195. The minimum atomic E-state index is -0.362. The van der Waals surface area contributed by atoms with Gasteiger partial charge in [-0.1, -0.05) is 42.5 Å². The predicted molar refractivity (Wildman–Crippen MR) is 126 cm³/mol.